The Morgan fingerprint density at radius 3 is 2.76 bits per heavy atom. The SMILES string of the molecule is COC(=O)N1Cc2[nH]c(=O)nc(C(=O)O)c2C1. The van der Waals surface area contributed by atoms with Crippen LogP contribution < -0.4 is 5.69 Å². The van der Waals surface area contributed by atoms with Gasteiger partial charge >= 0.3 is 17.8 Å². The van der Waals surface area contributed by atoms with Gasteiger partial charge in [-0.25, -0.2) is 14.4 Å². The molecule has 1 aromatic rings. The molecule has 0 unspecified atom stereocenters. The molecular formula is C9H9N3O5. The third kappa shape index (κ3) is 1.84. The minimum atomic E-state index is -1.29. The molecular weight excluding hydrogens is 230 g/mol. The molecule has 0 aliphatic carbocycles. The first-order valence-electron chi connectivity index (χ1n) is 4.71. The lowest BCUT2D eigenvalue weighted by atomic mass is 10.2. The van der Waals surface area contributed by atoms with Gasteiger partial charge in [0.2, 0.25) is 0 Å². The van der Waals surface area contributed by atoms with Crippen molar-refractivity contribution in [1.82, 2.24) is 14.9 Å². The predicted octanol–water partition coefficient (Wildman–Crippen LogP) is -0.450. The third-order valence-corrected chi connectivity index (χ3v) is 2.45. The van der Waals surface area contributed by atoms with Gasteiger partial charge in [-0.15, -0.1) is 0 Å². The Morgan fingerprint density at radius 2 is 2.18 bits per heavy atom. The van der Waals surface area contributed by atoms with E-state index < -0.39 is 17.8 Å². The molecule has 1 amide bonds. The molecule has 0 radical (unpaired) electrons. The van der Waals surface area contributed by atoms with E-state index in [4.69, 9.17) is 5.11 Å². The number of carboxylic acids is 1. The van der Waals surface area contributed by atoms with Crippen LogP contribution in [-0.4, -0.2) is 39.1 Å². The molecule has 0 fully saturated rings. The molecule has 1 aliphatic rings. The van der Waals surface area contributed by atoms with Crippen LogP contribution in [0, 0.1) is 0 Å². The van der Waals surface area contributed by atoms with Gasteiger partial charge < -0.3 is 14.8 Å². The number of carboxylic acid groups (broad SMARTS) is 1. The Bertz CT molecular complexity index is 550. The molecule has 0 saturated heterocycles. The summed E-state index contributed by atoms with van der Waals surface area (Å²) in [7, 11) is 1.23. The summed E-state index contributed by atoms with van der Waals surface area (Å²) in [4.78, 5) is 40.4. The molecule has 2 N–H and O–H groups in total. The Morgan fingerprint density at radius 1 is 1.47 bits per heavy atom. The Hall–Kier alpha value is -2.38. The van der Waals surface area contributed by atoms with Crippen LogP contribution in [0.3, 0.4) is 0 Å². The van der Waals surface area contributed by atoms with Crippen LogP contribution in [0.4, 0.5) is 4.79 Å². The smallest absolute Gasteiger partial charge is 0.410 e. The van der Waals surface area contributed by atoms with Gasteiger partial charge in [0.1, 0.15) is 0 Å². The molecule has 8 heteroatoms. The van der Waals surface area contributed by atoms with Crippen LogP contribution in [0.25, 0.3) is 0 Å². The van der Waals surface area contributed by atoms with Crippen LogP contribution >= 0.6 is 0 Å². The molecule has 90 valence electrons. The number of carbonyl (C=O) groups excluding carboxylic acids is 1. The average molecular weight is 239 g/mol. The van der Waals surface area contributed by atoms with Gasteiger partial charge in [-0.05, 0) is 0 Å². The molecule has 0 saturated carbocycles. The molecule has 1 aliphatic heterocycles. The maximum atomic E-state index is 11.3. The highest BCUT2D eigenvalue weighted by Crippen LogP contribution is 2.22. The number of nitrogens with one attached hydrogen (secondary N) is 1. The fourth-order valence-corrected chi connectivity index (χ4v) is 1.72. The number of nitrogens with zero attached hydrogens (tertiary/aromatic N) is 2. The second kappa shape index (κ2) is 3.89. The van der Waals surface area contributed by atoms with Gasteiger partial charge in [-0.1, -0.05) is 0 Å². The van der Waals surface area contributed by atoms with E-state index in [0.29, 0.717) is 11.3 Å². The number of amides is 1. The first kappa shape index (κ1) is 11.1. The summed E-state index contributed by atoms with van der Waals surface area (Å²) < 4.78 is 4.52. The first-order chi connectivity index (χ1) is 8.02. The molecule has 0 aromatic carbocycles. The van der Waals surface area contributed by atoms with Gasteiger partial charge in [0.25, 0.3) is 0 Å². The highest BCUT2D eigenvalue weighted by Gasteiger charge is 2.29. The Labute approximate surface area is 94.8 Å². The van der Waals surface area contributed by atoms with Gasteiger partial charge in [0.05, 0.1) is 20.2 Å². The summed E-state index contributed by atoms with van der Waals surface area (Å²) in [5.74, 6) is -1.29. The number of H-pyrrole nitrogens is 1. The summed E-state index contributed by atoms with van der Waals surface area (Å²) in [6.07, 6.45) is -0.585. The van der Waals surface area contributed by atoms with Crippen molar-refractivity contribution in [1.29, 1.82) is 0 Å². The maximum absolute atomic E-state index is 11.3. The van der Waals surface area contributed by atoms with E-state index in [2.05, 4.69) is 14.7 Å². The van der Waals surface area contributed by atoms with E-state index in [-0.39, 0.29) is 18.8 Å². The number of carbonyl (C=O) groups is 2. The molecule has 17 heavy (non-hydrogen) atoms. The Balaban J connectivity index is 2.44. The molecule has 0 spiro atoms. The zero-order chi connectivity index (χ0) is 12.6. The topological polar surface area (TPSA) is 113 Å². The van der Waals surface area contributed by atoms with Crippen molar-refractivity contribution in [2.75, 3.05) is 7.11 Å². The van der Waals surface area contributed by atoms with Gasteiger partial charge in [-0.3, -0.25) is 4.90 Å². The van der Waals surface area contributed by atoms with Crippen molar-refractivity contribution in [3.8, 4) is 0 Å². The van der Waals surface area contributed by atoms with Crippen LogP contribution in [0.15, 0.2) is 4.79 Å². The van der Waals surface area contributed by atoms with Crippen molar-refractivity contribution in [3.05, 3.63) is 27.4 Å². The number of fused-ring (bicyclic) bond motifs is 1. The number of hydrogen-bond donors (Lipinski definition) is 2. The van der Waals surface area contributed by atoms with Crippen LogP contribution in [0.1, 0.15) is 21.7 Å². The van der Waals surface area contributed by atoms with E-state index >= 15 is 0 Å². The molecule has 1 aromatic heterocycles. The number of rotatable bonds is 1. The van der Waals surface area contributed by atoms with E-state index in [0.717, 1.165) is 0 Å². The number of aromatic carboxylic acids is 1. The largest absolute Gasteiger partial charge is 0.476 e. The summed E-state index contributed by atoms with van der Waals surface area (Å²) >= 11 is 0. The minimum absolute atomic E-state index is 0.0629. The zero-order valence-electron chi connectivity index (χ0n) is 8.89. The van der Waals surface area contributed by atoms with Gasteiger partial charge in [-0.2, -0.15) is 4.98 Å². The fraction of sp³-hybridized carbons (Fsp3) is 0.333. The quantitative estimate of drug-likeness (QED) is 0.686. The summed E-state index contributed by atoms with van der Waals surface area (Å²) in [5, 5.41) is 8.91. The summed E-state index contributed by atoms with van der Waals surface area (Å²) in [6, 6.07) is 0. The minimum Gasteiger partial charge on any atom is -0.476 e. The third-order valence-electron chi connectivity index (χ3n) is 2.45. The second-order valence-electron chi connectivity index (χ2n) is 3.48. The van der Waals surface area contributed by atoms with Crippen LogP contribution in [0.5, 0.6) is 0 Å². The molecule has 0 atom stereocenters. The first-order valence-corrected chi connectivity index (χ1v) is 4.71. The number of aromatic nitrogens is 2. The highest BCUT2D eigenvalue weighted by atomic mass is 16.5. The van der Waals surface area contributed by atoms with Gasteiger partial charge in [0.15, 0.2) is 5.69 Å². The lowest BCUT2D eigenvalue weighted by Gasteiger charge is -2.12. The number of ether oxygens (including phenoxy) is 1. The second-order valence-corrected chi connectivity index (χ2v) is 3.48. The Kier molecular flexibility index (Phi) is 2.54. The molecule has 2 heterocycles. The lowest BCUT2D eigenvalue weighted by molar-refractivity contribution is 0.0687. The molecule has 8 nitrogen and oxygen atoms in total. The molecule has 0 bridgehead atoms. The monoisotopic (exact) mass is 239 g/mol. The number of aromatic amines is 1. The normalized spacial score (nSPS) is 13.4. The highest BCUT2D eigenvalue weighted by molar-refractivity contribution is 5.87. The van der Waals surface area contributed by atoms with E-state index in [1.165, 1.54) is 12.0 Å². The van der Waals surface area contributed by atoms with E-state index in [1.54, 1.807) is 0 Å². The van der Waals surface area contributed by atoms with Crippen molar-refractivity contribution in [2.24, 2.45) is 0 Å². The number of methoxy groups -OCH3 is 1. The zero-order valence-corrected chi connectivity index (χ0v) is 8.89. The van der Waals surface area contributed by atoms with Crippen LogP contribution in [-0.2, 0) is 17.8 Å². The average Bonchev–Trinajstić information content (AvgIpc) is 2.69. The lowest BCUT2D eigenvalue weighted by Crippen LogP contribution is -2.25. The van der Waals surface area contributed by atoms with Crippen LogP contribution in [0.2, 0.25) is 0 Å². The predicted molar refractivity (Wildman–Crippen MR) is 53.5 cm³/mol. The summed E-state index contributed by atoms with van der Waals surface area (Å²) in [5.41, 5.74) is -0.349. The fourth-order valence-electron chi connectivity index (χ4n) is 1.72. The van der Waals surface area contributed by atoms with Crippen molar-refractivity contribution >= 4 is 12.1 Å². The standard InChI is InChI=1S/C9H9N3O5/c1-17-9(16)12-2-4-5(3-12)10-8(15)11-6(4)7(13)14/h2-3H2,1H3,(H,13,14)(H,10,11,15). The van der Waals surface area contributed by atoms with Crippen molar-refractivity contribution in [3.63, 3.8) is 0 Å². The summed E-state index contributed by atoms with van der Waals surface area (Å²) in [6.45, 7) is 0.174. The number of hydrogen-bond acceptors (Lipinski definition) is 5. The van der Waals surface area contributed by atoms with E-state index in [9.17, 15) is 14.4 Å². The maximum Gasteiger partial charge on any atom is 0.410 e. The van der Waals surface area contributed by atoms with E-state index in [1.807, 2.05) is 0 Å². The van der Waals surface area contributed by atoms with Crippen molar-refractivity contribution in [2.45, 2.75) is 13.1 Å². The molecule has 2 rings (SSSR count). The van der Waals surface area contributed by atoms with Gasteiger partial charge in [0, 0.05) is 11.3 Å². The van der Waals surface area contributed by atoms with Crippen molar-refractivity contribution < 1.29 is 19.4 Å².